The third kappa shape index (κ3) is 2.35. The van der Waals surface area contributed by atoms with Crippen molar-refractivity contribution in [1.82, 2.24) is 4.57 Å². The number of hydrogen-bond acceptors (Lipinski definition) is 2. The Morgan fingerprint density at radius 1 is 1.05 bits per heavy atom. The summed E-state index contributed by atoms with van der Waals surface area (Å²) in [6.45, 7) is 0.496. The lowest BCUT2D eigenvalue weighted by Gasteiger charge is -2.10. The molecule has 20 heavy (non-hydrogen) atoms. The summed E-state index contributed by atoms with van der Waals surface area (Å²) < 4.78 is 3.26. The maximum Gasteiger partial charge on any atom is 0.0787 e. The normalized spacial score (nSPS) is 13.2. The van der Waals surface area contributed by atoms with E-state index in [1.807, 2.05) is 18.2 Å². The Morgan fingerprint density at radius 3 is 2.60 bits per heavy atom. The summed E-state index contributed by atoms with van der Waals surface area (Å²) in [5.74, 6) is 0. The summed E-state index contributed by atoms with van der Waals surface area (Å²) in [6.07, 6.45) is -0.123. The Kier molecular flexibility index (Phi) is 3.78. The number of aliphatic hydroxyl groups excluding tert-OH is 2. The Balaban J connectivity index is 2.16. The van der Waals surface area contributed by atoms with Crippen LogP contribution in [0.15, 0.2) is 46.9 Å². The number of aromatic nitrogens is 1. The molecule has 1 unspecified atom stereocenters. The average Bonchev–Trinajstić information content (AvgIpc) is 2.78. The maximum absolute atomic E-state index is 9.57. The molecule has 0 spiro atoms. The van der Waals surface area contributed by atoms with Gasteiger partial charge in [0.15, 0.2) is 0 Å². The number of para-hydroxylation sites is 1. The summed E-state index contributed by atoms with van der Waals surface area (Å²) in [5.41, 5.74) is 2.31. The van der Waals surface area contributed by atoms with Gasteiger partial charge >= 0.3 is 0 Å². The van der Waals surface area contributed by atoms with Crippen LogP contribution in [0.4, 0.5) is 0 Å². The van der Waals surface area contributed by atoms with E-state index in [1.54, 1.807) is 0 Å². The van der Waals surface area contributed by atoms with Gasteiger partial charge in [0.1, 0.15) is 0 Å². The number of rotatable bonds is 4. The molecular formula is C16H16BrNO2. The van der Waals surface area contributed by atoms with Crippen molar-refractivity contribution in [2.45, 2.75) is 19.1 Å². The van der Waals surface area contributed by atoms with Gasteiger partial charge < -0.3 is 14.8 Å². The van der Waals surface area contributed by atoms with E-state index < -0.39 is 6.10 Å². The van der Waals surface area contributed by atoms with Crippen molar-refractivity contribution in [3.63, 3.8) is 0 Å². The molecule has 0 aliphatic carbocycles. The molecule has 2 aromatic carbocycles. The topological polar surface area (TPSA) is 45.4 Å². The van der Waals surface area contributed by atoms with Gasteiger partial charge in [-0.2, -0.15) is 0 Å². The van der Waals surface area contributed by atoms with E-state index in [0.29, 0.717) is 13.0 Å². The van der Waals surface area contributed by atoms with Crippen LogP contribution in [-0.4, -0.2) is 27.5 Å². The number of halogens is 1. The molecule has 3 nitrogen and oxygen atoms in total. The molecule has 1 atom stereocenters. The monoisotopic (exact) mass is 333 g/mol. The summed E-state index contributed by atoms with van der Waals surface area (Å²) >= 11 is 3.52. The van der Waals surface area contributed by atoms with E-state index in [-0.39, 0.29) is 6.61 Å². The van der Waals surface area contributed by atoms with Crippen molar-refractivity contribution in [2.75, 3.05) is 6.61 Å². The number of nitrogens with zero attached hydrogens (tertiary/aromatic N) is 1. The van der Waals surface area contributed by atoms with Crippen molar-refractivity contribution < 1.29 is 10.2 Å². The smallest absolute Gasteiger partial charge is 0.0787 e. The first-order valence-electron chi connectivity index (χ1n) is 6.66. The highest BCUT2D eigenvalue weighted by atomic mass is 79.9. The summed E-state index contributed by atoms with van der Waals surface area (Å²) in [5, 5.41) is 20.9. The van der Waals surface area contributed by atoms with Crippen LogP contribution in [0.3, 0.4) is 0 Å². The summed E-state index contributed by atoms with van der Waals surface area (Å²) in [6, 6.07) is 14.5. The lowest BCUT2D eigenvalue weighted by Crippen LogP contribution is -2.14. The van der Waals surface area contributed by atoms with Gasteiger partial charge in [-0.25, -0.2) is 0 Å². The van der Waals surface area contributed by atoms with Gasteiger partial charge in [0, 0.05) is 32.8 Å². The second kappa shape index (κ2) is 5.56. The van der Waals surface area contributed by atoms with Crippen LogP contribution in [0.25, 0.3) is 21.8 Å². The van der Waals surface area contributed by atoms with Gasteiger partial charge in [-0.15, -0.1) is 0 Å². The van der Waals surface area contributed by atoms with E-state index in [1.165, 1.54) is 10.8 Å². The van der Waals surface area contributed by atoms with E-state index >= 15 is 0 Å². The molecule has 3 rings (SSSR count). The Labute approximate surface area is 125 Å². The quantitative estimate of drug-likeness (QED) is 0.769. The number of aryl methyl sites for hydroxylation is 1. The van der Waals surface area contributed by atoms with E-state index in [4.69, 9.17) is 5.11 Å². The number of benzene rings is 2. The highest BCUT2D eigenvalue weighted by Crippen LogP contribution is 2.31. The molecule has 0 radical (unpaired) electrons. The van der Waals surface area contributed by atoms with Crippen LogP contribution < -0.4 is 0 Å². The summed E-state index contributed by atoms with van der Waals surface area (Å²) in [7, 11) is 0. The van der Waals surface area contributed by atoms with E-state index in [0.717, 1.165) is 15.5 Å². The first-order chi connectivity index (χ1) is 9.70. The molecule has 0 saturated heterocycles. The van der Waals surface area contributed by atoms with Gasteiger partial charge in [0.2, 0.25) is 0 Å². The summed E-state index contributed by atoms with van der Waals surface area (Å²) in [4.78, 5) is 0. The molecule has 0 bridgehead atoms. The lowest BCUT2D eigenvalue weighted by molar-refractivity contribution is 0.0852. The highest BCUT2D eigenvalue weighted by Gasteiger charge is 2.11. The molecule has 0 fully saturated rings. The van der Waals surface area contributed by atoms with E-state index in [2.05, 4.69) is 44.8 Å². The predicted molar refractivity (Wildman–Crippen MR) is 84.9 cm³/mol. The predicted octanol–water partition coefficient (Wildman–Crippen LogP) is 3.30. The van der Waals surface area contributed by atoms with Crippen LogP contribution in [-0.2, 0) is 6.54 Å². The van der Waals surface area contributed by atoms with Gasteiger partial charge in [-0.05, 0) is 30.7 Å². The number of fused-ring (bicyclic) bond motifs is 3. The Bertz CT molecular complexity index is 751. The lowest BCUT2D eigenvalue weighted by atomic mass is 10.2. The first-order valence-corrected chi connectivity index (χ1v) is 7.45. The van der Waals surface area contributed by atoms with Gasteiger partial charge in [-0.3, -0.25) is 0 Å². The van der Waals surface area contributed by atoms with Crippen LogP contribution in [0.5, 0.6) is 0 Å². The van der Waals surface area contributed by atoms with Gasteiger partial charge in [-0.1, -0.05) is 34.1 Å². The molecule has 0 saturated carbocycles. The fourth-order valence-corrected chi connectivity index (χ4v) is 3.00. The second-order valence-corrected chi connectivity index (χ2v) is 5.87. The zero-order chi connectivity index (χ0) is 14.1. The third-order valence-electron chi connectivity index (χ3n) is 3.63. The number of aliphatic hydroxyl groups is 2. The highest BCUT2D eigenvalue weighted by molar-refractivity contribution is 9.10. The molecule has 0 aliphatic heterocycles. The Hall–Kier alpha value is -1.36. The van der Waals surface area contributed by atoms with Crippen LogP contribution in [0.1, 0.15) is 6.42 Å². The molecular weight excluding hydrogens is 318 g/mol. The van der Waals surface area contributed by atoms with Crippen molar-refractivity contribution in [3.8, 4) is 0 Å². The minimum Gasteiger partial charge on any atom is -0.394 e. The zero-order valence-electron chi connectivity index (χ0n) is 11.0. The first kappa shape index (κ1) is 13.6. The van der Waals surface area contributed by atoms with Crippen molar-refractivity contribution in [1.29, 1.82) is 0 Å². The fourth-order valence-electron chi connectivity index (χ4n) is 2.64. The molecule has 0 amide bonds. The Morgan fingerprint density at radius 2 is 1.80 bits per heavy atom. The molecule has 0 aliphatic rings. The minimum atomic E-state index is -0.665. The van der Waals surface area contributed by atoms with Crippen LogP contribution in [0.2, 0.25) is 0 Å². The fraction of sp³-hybridized carbons (Fsp3) is 0.250. The average molecular weight is 334 g/mol. The largest absolute Gasteiger partial charge is 0.394 e. The third-order valence-corrected chi connectivity index (χ3v) is 4.12. The molecule has 104 valence electrons. The maximum atomic E-state index is 9.57. The van der Waals surface area contributed by atoms with Gasteiger partial charge in [0.05, 0.1) is 12.7 Å². The second-order valence-electron chi connectivity index (χ2n) is 4.96. The number of hydrogen-bond donors (Lipinski definition) is 2. The minimum absolute atomic E-state index is 0.192. The SMILES string of the molecule is OCC(O)CCn1c2ccccc2c2cc(Br)ccc21. The molecule has 3 aromatic rings. The van der Waals surface area contributed by atoms with Crippen molar-refractivity contribution in [3.05, 3.63) is 46.9 Å². The van der Waals surface area contributed by atoms with Crippen molar-refractivity contribution >= 4 is 37.7 Å². The molecule has 4 heteroatoms. The van der Waals surface area contributed by atoms with Crippen LogP contribution >= 0.6 is 15.9 Å². The van der Waals surface area contributed by atoms with E-state index in [9.17, 15) is 5.11 Å². The zero-order valence-corrected chi connectivity index (χ0v) is 12.5. The molecule has 1 heterocycles. The molecule has 1 aromatic heterocycles. The van der Waals surface area contributed by atoms with Crippen LogP contribution in [0, 0.1) is 0 Å². The standard InChI is InChI=1S/C16H16BrNO2/c17-11-5-6-16-14(9-11)13-3-1-2-4-15(13)18(16)8-7-12(20)10-19/h1-6,9,12,19-20H,7-8,10H2. The van der Waals surface area contributed by atoms with Gasteiger partial charge in [0.25, 0.3) is 0 Å². The molecule has 2 N–H and O–H groups in total. The van der Waals surface area contributed by atoms with Crippen molar-refractivity contribution in [2.24, 2.45) is 0 Å².